The van der Waals surface area contributed by atoms with Gasteiger partial charge >= 0.3 is 0 Å². The highest BCUT2D eigenvalue weighted by Crippen LogP contribution is 2.51. The van der Waals surface area contributed by atoms with Crippen molar-refractivity contribution in [2.75, 3.05) is 24.3 Å². The van der Waals surface area contributed by atoms with Gasteiger partial charge < -0.3 is 14.8 Å². The first-order chi connectivity index (χ1) is 16.4. The highest BCUT2D eigenvalue weighted by molar-refractivity contribution is 7.92. The number of benzene rings is 3. The highest BCUT2D eigenvalue weighted by Gasteiger charge is 2.38. The molecule has 3 aromatic rings. The second-order valence-electron chi connectivity index (χ2n) is 8.45. The van der Waals surface area contributed by atoms with Gasteiger partial charge in [-0.3, -0.25) is 4.72 Å². The molecule has 176 valence electrons. The van der Waals surface area contributed by atoms with Crippen LogP contribution in [0, 0.1) is 5.92 Å². The Morgan fingerprint density at radius 2 is 1.82 bits per heavy atom. The molecule has 0 fully saturated rings. The first-order valence-corrected chi connectivity index (χ1v) is 12.8. The van der Waals surface area contributed by atoms with Crippen LogP contribution in [0.15, 0.2) is 77.7 Å². The van der Waals surface area contributed by atoms with E-state index >= 15 is 0 Å². The fraction of sp³-hybridized carbons (Fsp3) is 0.231. The first-order valence-electron chi connectivity index (χ1n) is 11.0. The summed E-state index contributed by atoms with van der Waals surface area (Å²) in [6.07, 6.45) is 5.25. The van der Waals surface area contributed by atoms with Crippen molar-refractivity contribution in [3.8, 4) is 11.5 Å². The van der Waals surface area contributed by atoms with Gasteiger partial charge in [-0.1, -0.05) is 35.9 Å². The summed E-state index contributed by atoms with van der Waals surface area (Å²) >= 11 is 6.01. The van der Waals surface area contributed by atoms with Crippen molar-refractivity contribution in [2.45, 2.75) is 23.3 Å². The molecule has 3 atom stereocenters. The predicted molar refractivity (Wildman–Crippen MR) is 135 cm³/mol. The zero-order valence-corrected chi connectivity index (χ0v) is 20.4. The number of allylic oxidation sites excluding steroid dienone is 2. The van der Waals surface area contributed by atoms with E-state index in [-0.39, 0.29) is 22.8 Å². The Labute approximate surface area is 204 Å². The van der Waals surface area contributed by atoms with Crippen LogP contribution >= 0.6 is 11.6 Å². The van der Waals surface area contributed by atoms with E-state index in [4.69, 9.17) is 21.1 Å². The van der Waals surface area contributed by atoms with Crippen molar-refractivity contribution in [3.05, 3.63) is 89.0 Å². The van der Waals surface area contributed by atoms with Crippen molar-refractivity contribution in [2.24, 2.45) is 5.92 Å². The molecule has 0 bridgehead atoms. The fourth-order valence-corrected chi connectivity index (χ4v) is 6.16. The molecule has 1 aliphatic heterocycles. The smallest absolute Gasteiger partial charge is 0.261 e. The van der Waals surface area contributed by atoms with Crippen LogP contribution in [0.4, 0.5) is 11.4 Å². The number of halogens is 1. The summed E-state index contributed by atoms with van der Waals surface area (Å²) in [5.74, 6) is 1.73. The largest absolute Gasteiger partial charge is 0.493 e. The summed E-state index contributed by atoms with van der Waals surface area (Å²) in [4.78, 5) is 0.219. The number of sulfonamides is 1. The van der Waals surface area contributed by atoms with Gasteiger partial charge in [-0.25, -0.2) is 8.42 Å². The molecule has 2 aliphatic rings. The van der Waals surface area contributed by atoms with Gasteiger partial charge in [-0.2, -0.15) is 0 Å². The van der Waals surface area contributed by atoms with Gasteiger partial charge in [0.15, 0.2) is 11.5 Å². The Bertz CT molecular complexity index is 1370. The van der Waals surface area contributed by atoms with E-state index in [0.29, 0.717) is 22.2 Å². The van der Waals surface area contributed by atoms with Crippen LogP contribution in [0.25, 0.3) is 0 Å². The van der Waals surface area contributed by atoms with Crippen LogP contribution < -0.4 is 19.5 Å². The van der Waals surface area contributed by atoms with Gasteiger partial charge in [0.1, 0.15) is 0 Å². The molecule has 1 aliphatic carbocycles. The molecule has 6 nitrogen and oxygen atoms in total. The molecule has 0 spiro atoms. The van der Waals surface area contributed by atoms with Crippen LogP contribution in [-0.2, 0) is 10.0 Å². The van der Waals surface area contributed by atoms with E-state index in [9.17, 15) is 8.42 Å². The standard InChI is InChI=1S/C26H25ClN2O4S/c1-32-24-12-9-16(13-25(24)33-2)26-21-8-4-7-20(21)22-15-19(10-11-23(22)28-26)34(30,31)29-18-6-3-5-17(27)14-18/h3-7,9-15,20-21,26,28-29H,8H2,1-2H3/t20-,21+,26+/m0/s1. The van der Waals surface area contributed by atoms with Crippen LogP contribution in [-0.4, -0.2) is 22.6 Å². The molecule has 0 saturated carbocycles. The Kier molecular flexibility index (Phi) is 5.91. The van der Waals surface area contributed by atoms with E-state index in [1.807, 2.05) is 24.3 Å². The number of nitrogens with one attached hydrogen (secondary N) is 2. The van der Waals surface area contributed by atoms with E-state index in [1.54, 1.807) is 50.6 Å². The van der Waals surface area contributed by atoms with Gasteiger partial charge in [0.05, 0.1) is 30.8 Å². The summed E-state index contributed by atoms with van der Waals surface area (Å²) in [7, 11) is -0.515. The Morgan fingerprint density at radius 3 is 2.59 bits per heavy atom. The maximum Gasteiger partial charge on any atom is 0.261 e. The minimum atomic E-state index is -3.77. The average Bonchev–Trinajstić information content (AvgIpc) is 3.33. The maximum absolute atomic E-state index is 13.1. The second-order valence-corrected chi connectivity index (χ2v) is 10.6. The zero-order chi connectivity index (χ0) is 23.9. The van der Waals surface area contributed by atoms with Crippen LogP contribution in [0.1, 0.15) is 29.5 Å². The average molecular weight is 497 g/mol. The molecule has 0 unspecified atom stereocenters. The van der Waals surface area contributed by atoms with Gasteiger partial charge in [0.25, 0.3) is 10.0 Å². The summed E-state index contributed by atoms with van der Waals surface area (Å²) in [6.45, 7) is 0. The maximum atomic E-state index is 13.1. The quantitative estimate of drug-likeness (QED) is 0.410. The molecule has 34 heavy (non-hydrogen) atoms. The lowest BCUT2D eigenvalue weighted by Crippen LogP contribution is -2.29. The number of fused-ring (bicyclic) bond motifs is 3. The van der Waals surface area contributed by atoms with Gasteiger partial charge in [-0.05, 0) is 72.0 Å². The molecule has 0 amide bonds. The summed E-state index contributed by atoms with van der Waals surface area (Å²) in [5, 5.41) is 4.11. The number of ether oxygens (including phenoxy) is 2. The van der Waals surface area contributed by atoms with Crippen molar-refractivity contribution in [3.63, 3.8) is 0 Å². The van der Waals surface area contributed by atoms with Crippen molar-refractivity contribution in [1.82, 2.24) is 0 Å². The van der Waals surface area contributed by atoms with E-state index in [2.05, 4.69) is 22.2 Å². The van der Waals surface area contributed by atoms with E-state index in [0.717, 1.165) is 23.2 Å². The molecule has 3 aromatic carbocycles. The van der Waals surface area contributed by atoms with Crippen LogP contribution in [0.3, 0.4) is 0 Å². The first kappa shape index (κ1) is 22.6. The minimum absolute atomic E-state index is 0.0550. The number of methoxy groups -OCH3 is 2. The number of anilines is 2. The third-order valence-corrected chi connectivity index (χ3v) is 8.10. The molecular formula is C26H25ClN2O4S. The molecule has 0 saturated heterocycles. The lowest BCUT2D eigenvalue weighted by molar-refractivity contribution is 0.353. The number of hydrogen-bond donors (Lipinski definition) is 2. The summed E-state index contributed by atoms with van der Waals surface area (Å²) in [6, 6.07) is 17.9. The normalized spacial score (nSPS) is 20.7. The van der Waals surface area contributed by atoms with Gasteiger partial charge in [0, 0.05) is 16.6 Å². The summed E-state index contributed by atoms with van der Waals surface area (Å²) < 4.78 is 39.7. The van der Waals surface area contributed by atoms with Crippen LogP contribution in [0.2, 0.25) is 5.02 Å². The molecule has 0 aromatic heterocycles. The van der Waals surface area contributed by atoms with E-state index < -0.39 is 10.0 Å². The predicted octanol–water partition coefficient (Wildman–Crippen LogP) is 5.98. The summed E-state index contributed by atoms with van der Waals surface area (Å²) in [5.41, 5.74) is 3.43. The van der Waals surface area contributed by atoms with E-state index in [1.165, 1.54) is 0 Å². The third kappa shape index (κ3) is 4.10. The minimum Gasteiger partial charge on any atom is -0.493 e. The third-order valence-electron chi connectivity index (χ3n) is 6.49. The van der Waals surface area contributed by atoms with Gasteiger partial charge in [0.2, 0.25) is 0 Å². The lowest BCUT2D eigenvalue weighted by Gasteiger charge is -2.38. The Hall–Kier alpha value is -3.16. The highest BCUT2D eigenvalue weighted by atomic mass is 35.5. The van der Waals surface area contributed by atoms with Crippen molar-refractivity contribution in [1.29, 1.82) is 0 Å². The molecular weight excluding hydrogens is 472 g/mol. The zero-order valence-electron chi connectivity index (χ0n) is 18.8. The monoisotopic (exact) mass is 496 g/mol. The Morgan fingerprint density at radius 1 is 1.00 bits per heavy atom. The molecule has 1 heterocycles. The SMILES string of the molecule is COc1ccc([C@H]2Nc3ccc(S(=O)(=O)Nc4cccc(Cl)c4)cc3[C@H]3C=CC[C@H]32)cc1OC. The Balaban J connectivity index is 1.48. The van der Waals surface area contributed by atoms with Crippen molar-refractivity contribution < 1.29 is 17.9 Å². The second kappa shape index (κ2) is 8.89. The number of rotatable bonds is 6. The fourth-order valence-electron chi connectivity index (χ4n) is 4.88. The lowest BCUT2D eigenvalue weighted by atomic mass is 9.77. The molecule has 5 rings (SSSR count). The molecule has 2 N–H and O–H groups in total. The number of hydrogen-bond acceptors (Lipinski definition) is 5. The van der Waals surface area contributed by atoms with Gasteiger partial charge in [-0.15, -0.1) is 0 Å². The van der Waals surface area contributed by atoms with Crippen molar-refractivity contribution >= 4 is 33.0 Å². The molecule has 0 radical (unpaired) electrons. The van der Waals surface area contributed by atoms with Crippen LogP contribution in [0.5, 0.6) is 11.5 Å². The molecule has 8 heteroatoms. The topological polar surface area (TPSA) is 76.7 Å².